The molecule has 0 spiro atoms. The van der Waals surface area contributed by atoms with Crippen LogP contribution in [0.1, 0.15) is 6.42 Å². The largest absolute Gasteiger partial charge is 0.497 e. The van der Waals surface area contributed by atoms with Crippen LogP contribution in [0.3, 0.4) is 0 Å². The summed E-state index contributed by atoms with van der Waals surface area (Å²) in [5.74, 6) is 1.27. The molecule has 3 rings (SSSR count). The molecule has 0 aliphatic carbocycles. The molecular formula is C14H20N2O4S. The number of ether oxygens (including phenoxy) is 2. The molecule has 1 aromatic rings. The van der Waals surface area contributed by atoms with Crippen LogP contribution in [0.15, 0.2) is 23.1 Å². The number of hydrogen-bond acceptors (Lipinski definition) is 5. The minimum atomic E-state index is -3.58. The van der Waals surface area contributed by atoms with Gasteiger partial charge in [0.05, 0.1) is 14.2 Å². The molecule has 0 aromatic heterocycles. The number of rotatable bonds is 4. The molecule has 0 amide bonds. The first-order valence-corrected chi connectivity index (χ1v) is 8.46. The molecule has 2 fully saturated rings. The fourth-order valence-electron chi connectivity index (χ4n) is 3.22. The highest BCUT2D eigenvalue weighted by atomic mass is 32.2. The Morgan fingerprint density at radius 3 is 2.76 bits per heavy atom. The van der Waals surface area contributed by atoms with Gasteiger partial charge in [0.2, 0.25) is 10.0 Å². The quantitative estimate of drug-likeness (QED) is 0.886. The Labute approximate surface area is 125 Å². The second kappa shape index (κ2) is 5.47. The number of fused-ring (bicyclic) bond motifs is 1. The predicted octanol–water partition coefficient (Wildman–Crippen LogP) is 0.686. The van der Waals surface area contributed by atoms with Crippen molar-refractivity contribution in [3.05, 3.63) is 18.2 Å². The second-order valence-corrected chi connectivity index (χ2v) is 7.27. The molecule has 1 aromatic carbocycles. The van der Waals surface area contributed by atoms with E-state index >= 15 is 0 Å². The number of benzene rings is 1. The van der Waals surface area contributed by atoms with Gasteiger partial charge in [-0.2, -0.15) is 4.31 Å². The van der Waals surface area contributed by atoms with E-state index in [4.69, 9.17) is 9.47 Å². The van der Waals surface area contributed by atoms with Crippen LogP contribution in [0.25, 0.3) is 0 Å². The van der Waals surface area contributed by atoms with Gasteiger partial charge >= 0.3 is 0 Å². The zero-order valence-corrected chi connectivity index (χ0v) is 13.0. The van der Waals surface area contributed by atoms with E-state index in [0.717, 1.165) is 19.5 Å². The van der Waals surface area contributed by atoms with E-state index in [2.05, 4.69) is 5.32 Å². The van der Waals surface area contributed by atoms with E-state index in [1.54, 1.807) is 16.4 Å². The topological polar surface area (TPSA) is 67.9 Å². The third kappa shape index (κ3) is 2.39. The summed E-state index contributed by atoms with van der Waals surface area (Å²) in [6.07, 6.45) is 0.906. The number of nitrogens with one attached hydrogen (secondary N) is 1. The third-order valence-electron chi connectivity index (χ3n) is 4.35. The molecule has 1 N–H and O–H groups in total. The predicted molar refractivity (Wildman–Crippen MR) is 78.2 cm³/mol. The fraction of sp³-hybridized carbons (Fsp3) is 0.571. The van der Waals surface area contributed by atoms with Crippen molar-refractivity contribution in [1.82, 2.24) is 9.62 Å². The lowest BCUT2D eigenvalue weighted by Gasteiger charge is -2.24. The zero-order chi connectivity index (χ0) is 15.0. The standard InChI is InChI=1S/C14H20N2O4S/c1-19-11-3-4-13(20-2)14(7-11)21(17,18)16-6-5-10-8-15-9-12(10)16/h3-4,7,10,12,15H,5-6,8-9H2,1-2H3/t10-,12+/m0/s1. The highest BCUT2D eigenvalue weighted by Crippen LogP contribution is 2.36. The zero-order valence-electron chi connectivity index (χ0n) is 12.2. The molecule has 2 saturated heterocycles. The summed E-state index contributed by atoms with van der Waals surface area (Å²) < 4.78 is 38.0. The summed E-state index contributed by atoms with van der Waals surface area (Å²) >= 11 is 0. The van der Waals surface area contributed by atoms with Crippen LogP contribution in [0.4, 0.5) is 0 Å². The lowest BCUT2D eigenvalue weighted by atomic mass is 10.1. The molecule has 0 unspecified atom stereocenters. The van der Waals surface area contributed by atoms with Crippen molar-refractivity contribution in [3.8, 4) is 11.5 Å². The van der Waals surface area contributed by atoms with Crippen LogP contribution < -0.4 is 14.8 Å². The Morgan fingerprint density at radius 1 is 1.24 bits per heavy atom. The van der Waals surface area contributed by atoms with Gasteiger partial charge in [0, 0.05) is 25.2 Å². The van der Waals surface area contributed by atoms with E-state index < -0.39 is 10.0 Å². The van der Waals surface area contributed by atoms with Crippen molar-refractivity contribution in [1.29, 1.82) is 0 Å². The maximum atomic E-state index is 13.0. The molecule has 2 atom stereocenters. The molecule has 2 heterocycles. The Balaban J connectivity index is 2.01. The Morgan fingerprint density at radius 2 is 2.05 bits per heavy atom. The maximum absolute atomic E-state index is 13.0. The molecule has 0 radical (unpaired) electrons. The normalized spacial score (nSPS) is 25.8. The Hall–Kier alpha value is -1.31. The van der Waals surface area contributed by atoms with Gasteiger partial charge in [-0.3, -0.25) is 0 Å². The average molecular weight is 312 g/mol. The first kappa shape index (κ1) is 14.6. The van der Waals surface area contributed by atoms with Gasteiger partial charge in [0.25, 0.3) is 0 Å². The van der Waals surface area contributed by atoms with E-state index in [9.17, 15) is 8.42 Å². The van der Waals surface area contributed by atoms with E-state index in [0.29, 0.717) is 24.0 Å². The van der Waals surface area contributed by atoms with Crippen molar-refractivity contribution < 1.29 is 17.9 Å². The number of nitrogens with zero attached hydrogens (tertiary/aromatic N) is 1. The summed E-state index contributed by atoms with van der Waals surface area (Å²) in [5, 5.41) is 3.27. The van der Waals surface area contributed by atoms with Crippen LogP contribution in [0, 0.1) is 5.92 Å². The van der Waals surface area contributed by atoms with Gasteiger partial charge in [-0.15, -0.1) is 0 Å². The number of sulfonamides is 1. The SMILES string of the molecule is COc1ccc(OC)c(S(=O)(=O)N2CC[C@H]3CNC[C@H]32)c1. The van der Waals surface area contributed by atoms with Gasteiger partial charge in [0.1, 0.15) is 16.4 Å². The monoisotopic (exact) mass is 312 g/mol. The Bertz CT molecular complexity index is 632. The summed E-state index contributed by atoms with van der Waals surface area (Å²) in [6.45, 7) is 2.18. The highest BCUT2D eigenvalue weighted by Gasteiger charge is 2.44. The lowest BCUT2D eigenvalue weighted by Crippen LogP contribution is -2.39. The van der Waals surface area contributed by atoms with Crippen molar-refractivity contribution in [2.24, 2.45) is 5.92 Å². The minimum Gasteiger partial charge on any atom is -0.497 e. The second-order valence-electron chi connectivity index (χ2n) is 5.41. The first-order valence-electron chi connectivity index (χ1n) is 7.02. The van der Waals surface area contributed by atoms with Crippen molar-refractivity contribution in [2.45, 2.75) is 17.4 Å². The van der Waals surface area contributed by atoms with Crippen molar-refractivity contribution in [2.75, 3.05) is 33.9 Å². The van der Waals surface area contributed by atoms with Gasteiger partial charge in [0.15, 0.2) is 0 Å². The fourth-order valence-corrected chi connectivity index (χ4v) is 5.09. The van der Waals surface area contributed by atoms with Gasteiger partial charge in [-0.05, 0) is 31.0 Å². The summed E-state index contributed by atoms with van der Waals surface area (Å²) in [6, 6.07) is 4.91. The molecule has 7 heteroatoms. The van der Waals surface area contributed by atoms with Crippen LogP contribution in [-0.2, 0) is 10.0 Å². The lowest BCUT2D eigenvalue weighted by molar-refractivity contribution is 0.369. The maximum Gasteiger partial charge on any atom is 0.247 e. The molecule has 21 heavy (non-hydrogen) atoms. The molecule has 6 nitrogen and oxygen atoms in total. The molecule has 116 valence electrons. The average Bonchev–Trinajstić information content (AvgIpc) is 3.09. The van der Waals surface area contributed by atoms with Crippen LogP contribution in [-0.4, -0.2) is 52.6 Å². The third-order valence-corrected chi connectivity index (χ3v) is 6.30. The minimum absolute atomic E-state index is 0.0471. The number of hydrogen-bond donors (Lipinski definition) is 1. The van der Waals surface area contributed by atoms with Crippen molar-refractivity contribution >= 4 is 10.0 Å². The molecule has 0 saturated carbocycles. The van der Waals surface area contributed by atoms with Gasteiger partial charge in [-0.1, -0.05) is 0 Å². The van der Waals surface area contributed by atoms with Crippen LogP contribution >= 0.6 is 0 Å². The Kier molecular flexibility index (Phi) is 3.81. The van der Waals surface area contributed by atoms with E-state index in [1.165, 1.54) is 20.3 Å². The first-order chi connectivity index (χ1) is 10.1. The highest BCUT2D eigenvalue weighted by molar-refractivity contribution is 7.89. The molecule has 2 aliphatic rings. The summed E-state index contributed by atoms with van der Waals surface area (Å²) in [4.78, 5) is 0.178. The van der Waals surface area contributed by atoms with E-state index in [-0.39, 0.29) is 10.9 Å². The number of methoxy groups -OCH3 is 2. The molecular weight excluding hydrogens is 292 g/mol. The molecule has 2 aliphatic heterocycles. The van der Waals surface area contributed by atoms with E-state index in [1.807, 2.05) is 0 Å². The summed E-state index contributed by atoms with van der Waals surface area (Å²) in [5.41, 5.74) is 0. The van der Waals surface area contributed by atoms with Gasteiger partial charge < -0.3 is 14.8 Å². The van der Waals surface area contributed by atoms with Crippen LogP contribution in [0.5, 0.6) is 11.5 Å². The summed E-state index contributed by atoms with van der Waals surface area (Å²) in [7, 11) is -0.584. The van der Waals surface area contributed by atoms with Crippen molar-refractivity contribution in [3.63, 3.8) is 0 Å². The van der Waals surface area contributed by atoms with Gasteiger partial charge in [-0.25, -0.2) is 8.42 Å². The molecule has 0 bridgehead atoms. The van der Waals surface area contributed by atoms with Crippen LogP contribution in [0.2, 0.25) is 0 Å². The smallest absolute Gasteiger partial charge is 0.247 e.